The van der Waals surface area contributed by atoms with Gasteiger partial charge in [0, 0.05) is 13.1 Å². The molecule has 0 aliphatic rings. The van der Waals surface area contributed by atoms with Gasteiger partial charge in [0.15, 0.2) is 0 Å². The first-order chi connectivity index (χ1) is 6.10. The van der Waals surface area contributed by atoms with E-state index in [4.69, 9.17) is 0 Å². The zero-order valence-corrected chi connectivity index (χ0v) is 9.17. The Morgan fingerprint density at radius 3 is 2.46 bits per heavy atom. The topological polar surface area (TPSA) is 29.5 Å². The van der Waals surface area contributed by atoms with Crippen molar-refractivity contribution in [1.82, 2.24) is 4.90 Å². The maximum Gasteiger partial charge on any atom is 0.306 e. The van der Waals surface area contributed by atoms with Crippen molar-refractivity contribution in [3.8, 4) is 0 Å². The van der Waals surface area contributed by atoms with E-state index in [9.17, 15) is 4.79 Å². The van der Waals surface area contributed by atoms with E-state index in [1.54, 1.807) is 0 Å². The summed E-state index contributed by atoms with van der Waals surface area (Å²) in [6.45, 7) is 9.32. The second-order valence-corrected chi connectivity index (χ2v) is 3.61. The maximum atomic E-state index is 10.9. The average molecular weight is 187 g/mol. The number of rotatable bonds is 6. The molecule has 78 valence electrons. The quantitative estimate of drug-likeness (QED) is 0.591. The zero-order valence-electron chi connectivity index (χ0n) is 9.17. The van der Waals surface area contributed by atoms with Crippen LogP contribution in [0.4, 0.5) is 0 Å². The Balaban J connectivity index is 3.65. The second-order valence-electron chi connectivity index (χ2n) is 3.61. The largest absolute Gasteiger partial charge is 0.469 e. The lowest BCUT2D eigenvalue weighted by atomic mass is 10.2. The molecular weight excluding hydrogens is 166 g/mol. The van der Waals surface area contributed by atoms with Gasteiger partial charge in [-0.05, 0) is 12.5 Å². The second kappa shape index (κ2) is 6.89. The van der Waals surface area contributed by atoms with Crippen LogP contribution in [0, 0.1) is 5.92 Å². The third-order valence-electron chi connectivity index (χ3n) is 1.93. The molecule has 0 rings (SSSR count). The molecule has 3 heteroatoms. The number of hydrogen-bond acceptors (Lipinski definition) is 3. The van der Waals surface area contributed by atoms with Crippen molar-refractivity contribution in [2.75, 3.05) is 26.7 Å². The molecule has 0 aliphatic carbocycles. The van der Waals surface area contributed by atoms with Crippen molar-refractivity contribution >= 4 is 5.97 Å². The highest BCUT2D eigenvalue weighted by atomic mass is 16.5. The number of hydrogen-bond donors (Lipinski definition) is 0. The molecule has 3 nitrogen and oxygen atoms in total. The molecule has 0 heterocycles. The smallest absolute Gasteiger partial charge is 0.306 e. The molecule has 0 aromatic carbocycles. The Labute approximate surface area is 81.1 Å². The lowest BCUT2D eigenvalue weighted by molar-refractivity contribution is -0.141. The van der Waals surface area contributed by atoms with E-state index >= 15 is 0 Å². The number of nitrogens with zero attached hydrogens (tertiary/aromatic N) is 1. The van der Waals surface area contributed by atoms with Crippen LogP contribution in [0.25, 0.3) is 0 Å². The van der Waals surface area contributed by atoms with Gasteiger partial charge in [0.25, 0.3) is 0 Å². The van der Waals surface area contributed by atoms with Crippen molar-refractivity contribution in [3.63, 3.8) is 0 Å². The van der Waals surface area contributed by atoms with Crippen LogP contribution < -0.4 is 0 Å². The van der Waals surface area contributed by atoms with Crippen LogP contribution in [-0.2, 0) is 9.53 Å². The van der Waals surface area contributed by atoms with Crippen molar-refractivity contribution in [2.24, 2.45) is 5.92 Å². The molecule has 0 saturated heterocycles. The summed E-state index contributed by atoms with van der Waals surface area (Å²) >= 11 is 0. The minimum Gasteiger partial charge on any atom is -0.469 e. The molecule has 0 N–H and O–H groups in total. The monoisotopic (exact) mass is 187 g/mol. The van der Waals surface area contributed by atoms with Crippen LogP contribution in [0.3, 0.4) is 0 Å². The lowest BCUT2D eigenvalue weighted by Crippen LogP contribution is -2.30. The van der Waals surface area contributed by atoms with Gasteiger partial charge in [-0.1, -0.05) is 20.8 Å². The van der Waals surface area contributed by atoms with Crippen molar-refractivity contribution in [2.45, 2.75) is 27.2 Å². The SMILES string of the molecule is CCN(CCC(=O)OC)CC(C)C. The zero-order chi connectivity index (χ0) is 10.3. The Hall–Kier alpha value is -0.570. The summed E-state index contributed by atoms with van der Waals surface area (Å²) in [5.74, 6) is 0.528. The fourth-order valence-electron chi connectivity index (χ4n) is 1.25. The van der Waals surface area contributed by atoms with E-state index in [0.29, 0.717) is 12.3 Å². The van der Waals surface area contributed by atoms with E-state index in [-0.39, 0.29) is 5.97 Å². The van der Waals surface area contributed by atoms with E-state index in [1.165, 1.54) is 7.11 Å². The average Bonchev–Trinajstić information content (AvgIpc) is 2.10. The van der Waals surface area contributed by atoms with Crippen LogP contribution in [0.15, 0.2) is 0 Å². The Morgan fingerprint density at radius 2 is 2.08 bits per heavy atom. The van der Waals surface area contributed by atoms with Gasteiger partial charge >= 0.3 is 5.97 Å². The Bertz CT molecular complexity index is 146. The number of methoxy groups -OCH3 is 1. The summed E-state index contributed by atoms with van der Waals surface area (Å²) in [4.78, 5) is 13.1. The van der Waals surface area contributed by atoms with E-state index in [2.05, 4.69) is 30.4 Å². The van der Waals surface area contributed by atoms with Crippen molar-refractivity contribution < 1.29 is 9.53 Å². The molecule has 0 fully saturated rings. The van der Waals surface area contributed by atoms with Gasteiger partial charge in [-0.2, -0.15) is 0 Å². The summed E-state index contributed by atoms with van der Waals surface area (Å²) in [7, 11) is 1.43. The Morgan fingerprint density at radius 1 is 1.46 bits per heavy atom. The van der Waals surface area contributed by atoms with Crippen LogP contribution in [0.1, 0.15) is 27.2 Å². The van der Waals surface area contributed by atoms with Gasteiger partial charge in [-0.15, -0.1) is 0 Å². The van der Waals surface area contributed by atoms with Crippen LogP contribution in [-0.4, -0.2) is 37.6 Å². The first kappa shape index (κ1) is 12.4. The van der Waals surface area contributed by atoms with Gasteiger partial charge in [-0.3, -0.25) is 4.79 Å². The maximum absolute atomic E-state index is 10.9. The predicted molar refractivity (Wildman–Crippen MR) is 53.6 cm³/mol. The molecule has 0 unspecified atom stereocenters. The number of carbonyl (C=O) groups is 1. The fourth-order valence-corrected chi connectivity index (χ4v) is 1.25. The van der Waals surface area contributed by atoms with Crippen molar-refractivity contribution in [1.29, 1.82) is 0 Å². The van der Waals surface area contributed by atoms with Crippen LogP contribution in [0.2, 0.25) is 0 Å². The van der Waals surface area contributed by atoms with Gasteiger partial charge in [0.1, 0.15) is 0 Å². The first-order valence-electron chi connectivity index (χ1n) is 4.89. The third-order valence-corrected chi connectivity index (χ3v) is 1.93. The van der Waals surface area contributed by atoms with Crippen molar-refractivity contribution in [3.05, 3.63) is 0 Å². The highest BCUT2D eigenvalue weighted by Gasteiger charge is 2.07. The molecule has 0 spiro atoms. The van der Waals surface area contributed by atoms with Gasteiger partial charge in [-0.25, -0.2) is 0 Å². The summed E-state index contributed by atoms with van der Waals surface area (Å²) < 4.78 is 4.58. The van der Waals surface area contributed by atoms with Gasteiger partial charge in [0.2, 0.25) is 0 Å². The molecule has 0 aliphatic heterocycles. The highest BCUT2D eigenvalue weighted by Crippen LogP contribution is 1.99. The van der Waals surface area contributed by atoms with Gasteiger partial charge in [0.05, 0.1) is 13.5 Å². The Kier molecular flexibility index (Phi) is 6.59. The highest BCUT2D eigenvalue weighted by molar-refractivity contribution is 5.69. The van der Waals surface area contributed by atoms with Crippen LogP contribution >= 0.6 is 0 Å². The van der Waals surface area contributed by atoms with Crippen LogP contribution in [0.5, 0.6) is 0 Å². The molecule has 0 atom stereocenters. The predicted octanol–water partition coefficient (Wildman–Crippen LogP) is 1.53. The summed E-state index contributed by atoms with van der Waals surface area (Å²) in [6, 6.07) is 0. The minimum atomic E-state index is -0.123. The fraction of sp³-hybridized carbons (Fsp3) is 0.900. The van der Waals surface area contributed by atoms with E-state index in [0.717, 1.165) is 19.6 Å². The molecule has 0 amide bonds. The number of ether oxygens (including phenoxy) is 1. The minimum absolute atomic E-state index is 0.123. The summed E-state index contributed by atoms with van der Waals surface area (Å²) in [6.07, 6.45) is 0.497. The third kappa shape index (κ3) is 6.58. The molecule has 0 radical (unpaired) electrons. The normalized spacial score (nSPS) is 10.9. The molecule has 0 aromatic rings. The molecule has 0 bridgehead atoms. The number of carbonyl (C=O) groups excluding carboxylic acids is 1. The van der Waals surface area contributed by atoms with Gasteiger partial charge < -0.3 is 9.64 Å². The standard InChI is InChI=1S/C10H21NO2/c1-5-11(8-9(2)3)7-6-10(12)13-4/h9H,5-8H2,1-4H3. The molecule has 0 aromatic heterocycles. The summed E-state index contributed by atoms with van der Waals surface area (Å²) in [5, 5.41) is 0. The summed E-state index contributed by atoms with van der Waals surface area (Å²) in [5.41, 5.74) is 0. The molecule has 0 saturated carbocycles. The molecule has 13 heavy (non-hydrogen) atoms. The molecular formula is C10H21NO2. The number of esters is 1. The lowest BCUT2D eigenvalue weighted by Gasteiger charge is -2.21. The first-order valence-corrected chi connectivity index (χ1v) is 4.89. The van der Waals surface area contributed by atoms with E-state index < -0.39 is 0 Å². The van der Waals surface area contributed by atoms with E-state index in [1.807, 2.05) is 0 Å².